The molecule has 4 aromatic carbocycles. The first-order valence-electron chi connectivity index (χ1n) is 16.0. The van der Waals surface area contributed by atoms with Gasteiger partial charge in [-0.1, -0.05) is 0 Å². The molecule has 0 saturated carbocycles. The van der Waals surface area contributed by atoms with Gasteiger partial charge < -0.3 is 24.8 Å². The van der Waals surface area contributed by atoms with Crippen molar-refractivity contribution in [1.29, 1.82) is 0 Å². The summed E-state index contributed by atoms with van der Waals surface area (Å²) >= 11 is -1.02. The molecule has 0 amide bonds. The van der Waals surface area contributed by atoms with Gasteiger partial charge in [0.05, 0.1) is 0 Å². The largest absolute Gasteiger partial charge is 1.00 e. The van der Waals surface area contributed by atoms with Crippen molar-refractivity contribution in [3.63, 3.8) is 0 Å². The van der Waals surface area contributed by atoms with E-state index in [-0.39, 0.29) is 24.8 Å². The van der Waals surface area contributed by atoms with E-state index >= 15 is 0 Å². The number of rotatable bonds is 4. The van der Waals surface area contributed by atoms with E-state index in [9.17, 15) is 0 Å². The van der Waals surface area contributed by atoms with Crippen LogP contribution in [0.3, 0.4) is 0 Å². The van der Waals surface area contributed by atoms with Crippen LogP contribution in [0.2, 0.25) is 0 Å². The van der Waals surface area contributed by atoms with Crippen molar-refractivity contribution in [3.05, 3.63) is 141 Å². The molecule has 4 unspecified atom stereocenters. The third-order valence-corrected chi connectivity index (χ3v) is 22.0. The second-order valence-electron chi connectivity index (χ2n) is 12.7. The third-order valence-electron chi connectivity index (χ3n) is 10.5. The van der Waals surface area contributed by atoms with Crippen LogP contribution in [0.25, 0.3) is 43.8 Å². The average molecular weight is 737 g/mol. The van der Waals surface area contributed by atoms with E-state index in [1.165, 1.54) is 49.7 Å². The normalized spacial score (nSPS) is 19.6. The van der Waals surface area contributed by atoms with Crippen molar-refractivity contribution in [1.82, 2.24) is 0 Å². The molecule has 45 heavy (non-hydrogen) atoms. The molecule has 0 fully saturated rings. The standard InChI is InChI=1S/2C20H16P.2ClH.Zr/c2*1-2-7-15-13-16(12-14(15)6-1)21-19-10-4-3-8-17(19)18-9-5-11-20(18)21;;;/h2*1-4,6-8,10,12-13H,5,9,11H2;2*1H;/q;;;;+2/p-2. The van der Waals surface area contributed by atoms with Crippen molar-refractivity contribution < 1.29 is 48.0 Å². The van der Waals surface area contributed by atoms with Gasteiger partial charge in [0, 0.05) is 0 Å². The molecule has 0 N–H and O–H groups in total. The molecule has 2 aromatic heterocycles. The van der Waals surface area contributed by atoms with Crippen LogP contribution in [-0.4, -0.2) is 0 Å². The monoisotopic (exact) mass is 734 g/mol. The summed E-state index contributed by atoms with van der Waals surface area (Å²) in [5.74, 6) is 0. The first kappa shape index (κ1) is 30.3. The summed E-state index contributed by atoms with van der Waals surface area (Å²) in [7, 11) is -0.784. The van der Waals surface area contributed by atoms with Gasteiger partial charge in [0.1, 0.15) is 0 Å². The Morgan fingerprint density at radius 3 is 1.40 bits per heavy atom. The fraction of sp³-hybridized carbons (Fsp3) is 0.200. The molecule has 4 atom stereocenters. The summed E-state index contributed by atoms with van der Waals surface area (Å²) in [6.45, 7) is 0. The van der Waals surface area contributed by atoms with Gasteiger partial charge in [-0.3, -0.25) is 0 Å². The maximum Gasteiger partial charge on any atom is -1.00 e. The number of allylic oxidation sites excluding steroid dienone is 2. The maximum atomic E-state index is 2.68. The molecule has 0 radical (unpaired) electrons. The zero-order valence-electron chi connectivity index (χ0n) is 24.9. The molecule has 2 heterocycles. The van der Waals surface area contributed by atoms with E-state index in [0.29, 0.717) is 7.25 Å². The molecule has 0 spiro atoms. The number of fused-ring (bicyclic) bond motifs is 8. The van der Waals surface area contributed by atoms with E-state index in [2.05, 4.69) is 109 Å². The SMILES string of the molecule is C1=C(p2c3c(c4ccccc42)CCC3)[CH]([Zr+2][CH]2C(p3c4c(c5ccccc53)CCC4)=Cc3ccccc32)c2ccccc21.[Cl-].[Cl-]. The first-order valence-corrected chi connectivity index (χ1v) is 21.5. The van der Waals surface area contributed by atoms with Crippen LogP contribution < -0.4 is 24.8 Å². The molecule has 10 rings (SSSR count). The maximum absolute atomic E-state index is 2.68. The molecule has 5 heteroatoms. The second kappa shape index (κ2) is 11.9. The summed E-state index contributed by atoms with van der Waals surface area (Å²) in [4.78, 5) is 0. The quantitative estimate of drug-likeness (QED) is 0.214. The predicted octanol–water partition coefficient (Wildman–Crippen LogP) is 5.84. The van der Waals surface area contributed by atoms with Crippen LogP contribution in [0.15, 0.2) is 97.1 Å². The minimum atomic E-state index is -1.02. The van der Waals surface area contributed by atoms with Gasteiger partial charge in [0.2, 0.25) is 0 Å². The van der Waals surface area contributed by atoms with Crippen molar-refractivity contribution in [2.75, 3.05) is 0 Å². The van der Waals surface area contributed by atoms with Crippen molar-refractivity contribution in [2.45, 2.75) is 45.8 Å². The van der Waals surface area contributed by atoms with E-state index in [1.807, 2.05) is 10.6 Å². The number of aryl methyl sites for hydroxylation is 2. The molecule has 220 valence electrons. The van der Waals surface area contributed by atoms with Gasteiger partial charge >= 0.3 is 269 Å². The summed E-state index contributed by atoms with van der Waals surface area (Å²) in [6.07, 6.45) is 13.2. The van der Waals surface area contributed by atoms with Gasteiger partial charge in [0.15, 0.2) is 0 Å². The second-order valence-corrected chi connectivity index (χ2v) is 20.8. The van der Waals surface area contributed by atoms with E-state index in [1.54, 1.807) is 53.9 Å². The summed E-state index contributed by atoms with van der Waals surface area (Å²) in [5, 5.41) is 13.7. The van der Waals surface area contributed by atoms with Crippen LogP contribution in [0.1, 0.15) is 64.1 Å². The number of benzene rings is 4. The summed E-state index contributed by atoms with van der Waals surface area (Å²) in [5.41, 5.74) is 9.71. The van der Waals surface area contributed by atoms with Crippen LogP contribution in [-0.2, 0) is 48.9 Å². The van der Waals surface area contributed by atoms with Crippen LogP contribution in [0.5, 0.6) is 0 Å². The zero-order valence-corrected chi connectivity index (χ0v) is 30.7. The molecule has 4 aliphatic rings. The van der Waals surface area contributed by atoms with Gasteiger partial charge in [-0.05, 0) is 0 Å². The molecular formula is C40H32Cl2P2Zr. The van der Waals surface area contributed by atoms with E-state index in [0.717, 1.165) is 0 Å². The van der Waals surface area contributed by atoms with Crippen LogP contribution in [0.4, 0.5) is 0 Å². The van der Waals surface area contributed by atoms with Gasteiger partial charge in [0.25, 0.3) is 0 Å². The van der Waals surface area contributed by atoms with Crippen molar-refractivity contribution >= 4 is 58.9 Å². The Hall–Kier alpha value is -2.10. The Labute approximate surface area is 291 Å². The Kier molecular flexibility index (Phi) is 7.97. The average Bonchev–Trinajstić information content (AvgIpc) is 3.88. The van der Waals surface area contributed by atoms with Crippen LogP contribution >= 0.6 is 15.1 Å². The Morgan fingerprint density at radius 2 is 0.911 bits per heavy atom. The topological polar surface area (TPSA) is 0 Å². The number of halogens is 2. The third kappa shape index (κ3) is 4.49. The Balaban J connectivity index is 0.00000150. The van der Waals surface area contributed by atoms with Crippen molar-refractivity contribution in [3.8, 4) is 0 Å². The first-order chi connectivity index (χ1) is 21.3. The number of hydrogen-bond acceptors (Lipinski definition) is 0. The Morgan fingerprint density at radius 1 is 0.489 bits per heavy atom. The van der Waals surface area contributed by atoms with E-state index in [4.69, 9.17) is 0 Å². The van der Waals surface area contributed by atoms with Gasteiger partial charge in [-0.25, -0.2) is 0 Å². The fourth-order valence-electron chi connectivity index (χ4n) is 8.78. The minimum Gasteiger partial charge on any atom is -1.00 e. The summed E-state index contributed by atoms with van der Waals surface area (Å²) in [6, 6.07) is 37.9. The van der Waals surface area contributed by atoms with Crippen molar-refractivity contribution in [2.24, 2.45) is 0 Å². The molecular weight excluding hydrogens is 705 g/mol. The van der Waals surface area contributed by atoms with Crippen LogP contribution in [0, 0.1) is 0 Å². The van der Waals surface area contributed by atoms with Gasteiger partial charge in [-0.2, -0.15) is 0 Å². The predicted molar refractivity (Wildman–Crippen MR) is 184 cm³/mol. The molecule has 0 bridgehead atoms. The molecule has 0 aliphatic heterocycles. The van der Waals surface area contributed by atoms with Gasteiger partial charge in [-0.15, -0.1) is 0 Å². The molecule has 6 aromatic rings. The molecule has 0 nitrogen and oxygen atoms in total. The minimum absolute atomic E-state index is 0. The molecule has 4 aliphatic carbocycles. The number of hydrogen-bond donors (Lipinski definition) is 0. The summed E-state index contributed by atoms with van der Waals surface area (Å²) < 4.78 is 1.27. The smallest absolute Gasteiger partial charge is 1.00 e. The zero-order chi connectivity index (χ0) is 28.1. The molecule has 0 saturated heterocycles. The fourth-order valence-corrected chi connectivity index (χ4v) is 22.0. The Bertz CT molecular complexity index is 2040. The van der Waals surface area contributed by atoms with E-state index < -0.39 is 38.3 Å².